The van der Waals surface area contributed by atoms with Gasteiger partial charge in [-0.15, -0.1) is 0 Å². The van der Waals surface area contributed by atoms with E-state index in [-0.39, 0.29) is 0 Å². The second-order valence-electron chi connectivity index (χ2n) is 7.08. The van der Waals surface area contributed by atoms with Gasteiger partial charge in [0.05, 0.1) is 11.9 Å². The van der Waals surface area contributed by atoms with Crippen LogP contribution in [0.15, 0.2) is 59.7 Å². The van der Waals surface area contributed by atoms with E-state index in [0.717, 1.165) is 27.7 Å². The fraction of sp³-hybridized carbons (Fsp3) is 0.238. The van der Waals surface area contributed by atoms with Gasteiger partial charge in [-0.05, 0) is 32.4 Å². The number of amides is 1. The monoisotopic (exact) mass is 349 g/mol. The van der Waals surface area contributed by atoms with Gasteiger partial charge in [-0.1, -0.05) is 48.5 Å². The summed E-state index contributed by atoms with van der Waals surface area (Å²) in [6, 6.07) is 18.3. The third-order valence-corrected chi connectivity index (χ3v) is 3.94. The summed E-state index contributed by atoms with van der Waals surface area (Å²) < 4.78 is 7.35. The molecule has 26 heavy (non-hydrogen) atoms. The Morgan fingerprint density at radius 2 is 1.73 bits per heavy atom. The number of carbonyl (C=O) groups is 1. The van der Waals surface area contributed by atoms with Gasteiger partial charge < -0.3 is 9.30 Å². The lowest BCUT2D eigenvalue weighted by Crippen LogP contribution is -2.29. The number of para-hydroxylation sites is 1. The number of benzene rings is 2. The number of rotatable bonds is 3. The van der Waals surface area contributed by atoms with Crippen LogP contribution in [0.25, 0.3) is 22.2 Å². The van der Waals surface area contributed by atoms with Crippen LogP contribution in [0.2, 0.25) is 0 Å². The zero-order valence-corrected chi connectivity index (χ0v) is 15.5. The lowest BCUT2D eigenvalue weighted by Gasteiger charge is -2.18. The van der Waals surface area contributed by atoms with E-state index in [4.69, 9.17) is 4.74 Å². The largest absolute Gasteiger partial charge is 0.443 e. The number of carbonyl (C=O) groups excluding carboxylic acids is 1. The highest BCUT2D eigenvalue weighted by Gasteiger charge is 2.17. The van der Waals surface area contributed by atoms with Crippen LogP contribution in [0.4, 0.5) is 4.79 Å². The summed E-state index contributed by atoms with van der Waals surface area (Å²) in [6.07, 6.45) is 1.10. The lowest BCUT2D eigenvalue weighted by atomic mass is 10.1. The lowest BCUT2D eigenvalue weighted by molar-refractivity contribution is 0.0529. The number of hydrogen-bond acceptors (Lipinski definition) is 3. The van der Waals surface area contributed by atoms with Crippen molar-refractivity contribution in [2.75, 3.05) is 0 Å². The van der Waals surface area contributed by atoms with Gasteiger partial charge in [0.25, 0.3) is 0 Å². The molecular formula is C21H23N3O2. The average molecular weight is 349 g/mol. The van der Waals surface area contributed by atoms with Crippen LogP contribution >= 0.6 is 0 Å². The first-order chi connectivity index (χ1) is 12.4. The predicted molar refractivity (Wildman–Crippen MR) is 105 cm³/mol. The Morgan fingerprint density at radius 3 is 2.42 bits per heavy atom. The molecule has 0 saturated heterocycles. The minimum Gasteiger partial charge on any atom is -0.443 e. The van der Waals surface area contributed by atoms with Crippen LogP contribution in [0.1, 0.15) is 26.3 Å². The smallest absolute Gasteiger partial charge is 0.428 e. The first-order valence-corrected chi connectivity index (χ1v) is 8.52. The summed E-state index contributed by atoms with van der Waals surface area (Å²) in [7, 11) is 2.03. The molecule has 0 bridgehead atoms. The van der Waals surface area contributed by atoms with Crippen LogP contribution in [0.3, 0.4) is 0 Å². The van der Waals surface area contributed by atoms with Gasteiger partial charge in [0.15, 0.2) is 0 Å². The minimum atomic E-state index is -0.574. The van der Waals surface area contributed by atoms with Crippen molar-refractivity contribution in [3.05, 3.63) is 60.2 Å². The molecule has 0 radical (unpaired) electrons. The highest BCUT2D eigenvalue weighted by Crippen LogP contribution is 2.31. The quantitative estimate of drug-likeness (QED) is 0.550. The van der Waals surface area contributed by atoms with Gasteiger partial charge in [-0.2, -0.15) is 5.10 Å². The van der Waals surface area contributed by atoms with Crippen LogP contribution < -0.4 is 5.43 Å². The van der Waals surface area contributed by atoms with Gasteiger partial charge in [0.2, 0.25) is 0 Å². The maximum atomic E-state index is 11.8. The number of hydrazone groups is 1. The van der Waals surface area contributed by atoms with E-state index in [1.807, 2.05) is 58.2 Å². The molecule has 1 amide bonds. The summed E-state index contributed by atoms with van der Waals surface area (Å²) in [5.41, 5.74) is 6.06. The van der Waals surface area contributed by atoms with Crippen molar-refractivity contribution in [2.24, 2.45) is 12.1 Å². The molecule has 0 spiro atoms. The Balaban J connectivity index is 1.99. The van der Waals surface area contributed by atoms with Crippen molar-refractivity contribution in [3.8, 4) is 11.3 Å². The van der Waals surface area contributed by atoms with Crippen molar-refractivity contribution in [1.29, 1.82) is 0 Å². The molecule has 0 aliphatic carbocycles. The number of nitrogens with zero attached hydrogens (tertiary/aromatic N) is 2. The zero-order valence-electron chi connectivity index (χ0n) is 15.5. The molecule has 0 unspecified atom stereocenters. The van der Waals surface area contributed by atoms with Crippen molar-refractivity contribution >= 4 is 23.2 Å². The first-order valence-electron chi connectivity index (χ1n) is 8.52. The number of fused-ring (bicyclic) bond motifs is 1. The van der Waals surface area contributed by atoms with E-state index in [2.05, 4.69) is 39.4 Å². The average Bonchev–Trinajstić information content (AvgIpc) is 2.87. The molecule has 134 valence electrons. The Labute approximate surface area is 153 Å². The van der Waals surface area contributed by atoms with Gasteiger partial charge in [-0.25, -0.2) is 10.2 Å². The number of hydrogen-bond donors (Lipinski definition) is 1. The van der Waals surface area contributed by atoms with E-state index in [1.165, 1.54) is 0 Å². The zero-order chi connectivity index (χ0) is 18.7. The Kier molecular flexibility index (Phi) is 4.80. The summed E-state index contributed by atoms with van der Waals surface area (Å²) in [5.74, 6) is 0. The molecule has 3 aromatic rings. The van der Waals surface area contributed by atoms with Gasteiger partial charge in [0.1, 0.15) is 5.60 Å². The second kappa shape index (κ2) is 7.04. The maximum Gasteiger partial charge on any atom is 0.428 e. The molecule has 0 atom stereocenters. The van der Waals surface area contributed by atoms with E-state index >= 15 is 0 Å². The molecule has 5 nitrogen and oxygen atoms in total. The molecule has 0 aliphatic heterocycles. The molecule has 3 rings (SSSR count). The number of aromatic nitrogens is 1. The van der Waals surface area contributed by atoms with E-state index < -0.39 is 11.7 Å². The minimum absolute atomic E-state index is 0.561. The predicted octanol–water partition coefficient (Wildman–Crippen LogP) is 4.70. The van der Waals surface area contributed by atoms with Crippen LogP contribution in [-0.4, -0.2) is 22.5 Å². The third kappa shape index (κ3) is 3.77. The maximum absolute atomic E-state index is 11.8. The van der Waals surface area contributed by atoms with Crippen molar-refractivity contribution in [2.45, 2.75) is 26.4 Å². The molecule has 0 saturated carbocycles. The van der Waals surface area contributed by atoms with E-state index in [1.54, 1.807) is 6.21 Å². The SMILES string of the molecule is Cn1c(-c2ccccc2)c(/C=N\NC(=O)OC(C)(C)C)c2ccccc21. The fourth-order valence-electron chi connectivity index (χ4n) is 2.95. The van der Waals surface area contributed by atoms with Crippen molar-refractivity contribution in [1.82, 2.24) is 9.99 Å². The molecule has 1 aromatic heterocycles. The topological polar surface area (TPSA) is 55.6 Å². The summed E-state index contributed by atoms with van der Waals surface area (Å²) >= 11 is 0. The number of nitrogens with one attached hydrogen (secondary N) is 1. The van der Waals surface area contributed by atoms with Crippen molar-refractivity contribution < 1.29 is 9.53 Å². The van der Waals surface area contributed by atoms with Gasteiger partial charge >= 0.3 is 6.09 Å². The number of ether oxygens (including phenoxy) is 1. The Bertz CT molecular complexity index is 951. The van der Waals surface area contributed by atoms with Crippen LogP contribution in [0, 0.1) is 0 Å². The normalized spacial score (nSPS) is 11.8. The number of aryl methyl sites for hydroxylation is 1. The summed E-state index contributed by atoms with van der Waals surface area (Å²) in [6.45, 7) is 5.44. The standard InChI is InChI=1S/C21H23N3O2/c1-21(2,3)26-20(25)23-22-14-17-16-12-8-9-13-18(16)24(4)19(17)15-10-6-5-7-11-15/h5-14H,1-4H3,(H,23,25)/b22-14-. The van der Waals surface area contributed by atoms with Crippen molar-refractivity contribution in [3.63, 3.8) is 0 Å². The second-order valence-corrected chi connectivity index (χ2v) is 7.08. The van der Waals surface area contributed by atoms with E-state index in [9.17, 15) is 4.79 Å². The van der Waals surface area contributed by atoms with Gasteiger partial charge in [0, 0.05) is 23.5 Å². The highest BCUT2D eigenvalue weighted by molar-refractivity contribution is 6.06. The molecule has 0 fully saturated rings. The Morgan fingerprint density at radius 1 is 1.08 bits per heavy atom. The molecule has 1 N–H and O–H groups in total. The Hall–Kier alpha value is -3.08. The molecule has 2 aromatic carbocycles. The first kappa shape index (κ1) is 17.7. The molecule has 1 heterocycles. The summed E-state index contributed by atoms with van der Waals surface area (Å²) in [4.78, 5) is 11.8. The highest BCUT2D eigenvalue weighted by atomic mass is 16.6. The molecular weight excluding hydrogens is 326 g/mol. The molecule has 0 aliphatic rings. The molecule has 5 heteroatoms. The van der Waals surface area contributed by atoms with Crippen LogP contribution in [0.5, 0.6) is 0 Å². The van der Waals surface area contributed by atoms with Crippen LogP contribution in [-0.2, 0) is 11.8 Å². The fourth-order valence-corrected chi connectivity index (χ4v) is 2.95. The van der Waals surface area contributed by atoms with E-state index in [0.29, 0.717) is 0 Å². The third-order valence-electron chi connectivity index (χ3n) is 3.94. The van der Waals surface area contributed by atoms with Gasteiger partial charge in [-0.3, -0.25) is 0 Å². The summed E-state index contributed by atoms with van der Waals surface area (Å²) in [5, 5.41) is 5.19.